The number of hydrogen-bond donors (Lipinski definition) is 0. The van der Waals surface area contributed by atoms with Gasteiger partial charge in [0, 0.05) is 37.2 Å². The molecule has 4 aromatic rings. The van der Waals surface area contributed by atoms with Gasteiger partial charge < -0.3 is 14.4 Å². The van der Waals surface area contributed by atoms with Gasteiger partial charge in [-0.15, -0.1) is 0 Å². The van der Waals surface area contributed by atoms with Crippen LogP contribution >= 0.6 is 0 Å². The molecule has 6 heteroatoms. The van der Waals surface area contributed by atoms with Crippen molar-refractivity contribution in [3.63, 3.8) is 0 Å². The number of piperidine rings is 1. The van der Waals surface area contributed by atoms with Crippen LogP contribution in [0, 0.1) is 11.3 Å². The second-order valence-electron chi connectivity index (χ2n) is 11.2. The number of amides is 1. The van der Waals surface area contributed by atoms with Gasteiger partial charge in [-0.05, 0) is 78.0 Å². The molecule has 4 aromatic carbocycles. The zero-order valence-electron chi connectivity index (χ0n) is 25.0. The van der Waals surface area contributed by atoms with Crippen molar-refractivity contribution >= 4 is 5.91 Å². The van der Waals surface area contributed by atoms with E-state index in [9.17, 15) is 4.79 Å². The molecular formula is C37H39N3O3. The Kier molecular flexibility index (Phi) is 9.76. The van der Waals surface area contributed by atoms with Crippen molar-refractivity contribution < 1.29 is 14.3 Å². The Bertz CT molecular complexity index is 1460. The van der Waals surface area contributed by atoms with Crippen molar-refractivity contribution in [2.75, 3.05) is 33.9 Å². The highest BCUT2D eigenvalue weighted by molar-refractivity contribution is 5.94. The van der Waals surface area contributed by atoms with E-state index in [4.69, 9.17) is 14.7 Å². The Morgan fingerprint density at radius 2 is 1.44 bits per heavy atom. The maximum absolute atomic E-state index is 13.4. The third kappa shape index (κ3) is 7.07. The monoisotopic (exact) mass is 573 g/mol. The van der Waals surface area contributed by atoms with Gasteiger partial charge in [0.05, 0.1) is 26.7 Å². The van der Waals surface area contributed by atoms with Crippen LogP contribution in [0.25, 0.3) is 0 Å². The number of likely N-dealkylation sites (tertiary alicyclic amines) is 1. The molecule has 5 rings (SSSR count). The van der Waals surface area contributed by atoms with Crippen LogP contribution in [0.15, 0.2) is 103 Å². The number of benzene rings is 4. The van der Waals surface area contributed by atoms with E-state index in [1.165, 1.54) is 16.7 Å². The summed E-state index contributed by atoms with van der Waals surface area (Å²) >= 11 is 0. The summed E-state index contributed by atoms with van der Waals surface area (Å²) < 4.78 is 10.9. The molecule has 0 bridgehead atoms. The molecule has 1 fully saturated rings. The molecule has 220 valence electrons. The Morgan fingerprint density at radius 1 is 0.837 bits per heavy atom. The molecule has 1 aliphatic rings. The van der Waals surface area contributed by atoms with Crippen LogP contribution in [0.3, 0.4) is 0 Å². The van der Waals surface area contributed by atoms with E-state index in [2.05, 4.69) is 47.4 Å². The molecule has 1 aliphatic heterocycles. The van der Waals surface area contributed by atoms with Gasteiger partial charge in [0.2, 0.25) is 0 Å². The van der Waals surface area contributed by atoms with Gasteiger partial charge in [0.1, 0.15) is 11.5 Å². The molecular weight excluding hydrogens is 534 g/mol. The summed E-state index contributed by atoms with van der Waals surface area (Å²) in [5, 5.41) is 9.15. The average molecular weight is 574 g/mol. The molecule has 0 aliphatic carbocycles. The van der Waals surface area contributed by atoms with Gasteiger partial charge in [-0.25, -0.2) is 0 Å². The number of ether oxygens (including phenoxy) is 2. The zero-order valence-corrected chi connectivity index (χ0v) is 25.0. The van der Waals surface area contributed by atoms with Crippen LogP contribution in [-0.4, -0.2) is 49.6 Å². The molecule has 6 nitrogen and oxygen atoms in total. The van der Waals surface area contributed by atoms with Gasteiger partial charge in [-0.2, -0.15) is 5.26 Å². The van der Waals surface area contributed by atoms with Gasteiger partial charge >= 0.3 is 0 Å². The highest BCUT2D eigenvalue weighted by Crippen LogP contribution is 2.42. The number of methoxy groups -OCH3 is 2. The Morgan fingerprint density at radius 3 is 2.00 bits per heavy atom. The van der Waals surface area contributed by atoms with Crippen molar-refractivity contribution in [2.24, 2.45) is 0 Å². The molecule has 0 radical (unpaired) electrons. The van der Waals surface area contributed by atoms with Crippen LogP contribution < -0.4 is 9.47 Å². The molecule has 0 atom stereocenters. The first-order chi connectivity index (χ1) is 21.0. The van der Waals surface area contributed by atoms with Crippen molar-refractivity contribution in [1.82, 2.24) is 9.80 Å². The minimum absolute atomic E-state index is 0.0540. The van der Waals surface area contributed by atoms with E-state index >= 15 is 0 Å². The van der Waals surface area contributed by atoms with Crippen LogP contribution in [0.2, 0.25) is 0 Å². The Labute approximate surface area is 255 Å². The smallest absolute Gasteiger partial charge is 0.254 e. The van der Waals surface area contributed by atoms with E-state index in [0.717, 1.165) is 49.5 Å². The van der Waals surface area contributed by atoms with Crippen molar-refractivity contribution in [3.8, 4) is 17.6 Å². The molecule has 0 aromatic heterocycles. The average Bonchev–Trinajstić information content (AvgIpc) is 3.07. The van der Waals surface area contributed by atoms with E-state index in [-0.39, 0.29) is 11.3 Å². The molecule has 0 saturated carbocycles. The summed E-state index contributed by atoms with van der Waals surface area (Å²) in [5.41, 5.74) is 5.25. The van der Waals surface area contributed by atoms with Crippen LogP contribution in [-0.2, 0) is 18.5 Å². The molecule has 1 heterocycles. The molecule has 1 saturated heterocycles. The third-order valence-corrected chi connectivity index (χ3v) is 8.46. The van der Waals surface area contributed by atoms with E-state index in [0.29, 0.717) is 25.1 Å². The number of nitrogens with zero attached hydrogens (tertiary/aromatic N) is 3. The summed E-state index contributed by atoms with van der Waals surface area (Å²) in [6.45, 7) is 3.57. The lowest BCUT2D eigenvalue weighted by molar-refractivity contribution is 0.0747. The maximum Gasteiger partial charge on any atom is 0.254 e. The molecule has 43 heavy (non-hydrogen) atoms. The van der Waals surface area contributed by atoms with E-state index in [1.54, 1.807) is 19.1 Å². The van der Waals surface area contributed by atoms with Crippen molar-refractivity contribution in [1.29, 1.82) is 5.26 Å². The second kappa shape index (κ2) is 14.0. The van der Waals surface area contributed by atoms with Gasteiger partial charge in [0.25, 0.3) is 5.91 Å². The lowest BCUT2D eigenvalue weighted by Gasteiger charge is -2.44. The summed E-state index contributed by atoms with van der Waals surface area (Å²) in [6.07, 6.45) is 2.42. The van der Waals surface area contributed by atoms with E-state index in [1.807, 2.05) is 66.7 Å². The number of carbonyl (C=O) groups excluding carboxylic acids is 1. The fraction of sp³-hybridized carbons (Fsp3) is 0.297. The fourth-order valence-corrected chi connectivity index (χ4v) is 6.17. The number of hydrogen-bond acceptors (Lipinski definition) is 5. The van der Waals surface area contributed by atoms with Gasteiger partial charge in [-0.3, -0.25) is 9.69 Å². The first-order valence-corrected chi connectivity index (χ1v) is 14.8. The quantitative estimate of drug-likeness (QED) is 0.197. The summed E-state index contributed by atoms with van der Waals surface area (Å²) in [7, 11) is 3.39. The molecule has 0 spiro atoms. The summed E-state index contributed by atoms with van der Waals surface area (Å²) in [6, 6.07) is 37.0. The number of rotatable bonds is 11. The van der Waals surface area contributed by atoms with Crippen LogP contribution in [0.5, 0.6) is 11.5 Å². The number of carbonyl (C=O) groups is 1. The molecule has 0 N–H and O–H groups in total. The maximum atomic E-state index is 13.4. The van der Waals surface area contributed by atoms with Crippen molar-refractivity contribution in [3.05, 3.63) is 131 Å². The largest absolute Gasteiger partial charge is 0.497 e. The first-order valence-electron chi connectivity index (χ1n) is 14.8. The normalized spacial score (nSPS) is 14.4. The highest BCUT2D eigenvalue weighted by atomic mass is 16.5. The molecule has 1 amide bonds. The topological polar surface area (TPSA) is 65.8 Å². The predicted molar refractivity (Wildman–Crippen MR) is 169 cm³/mol. The van der Waals surface area contributed by atoms with Crippen molar-refractivity contribution in [2.45, 2.75) is 37.8 Å². The SMILES string of the molecule is COc1ccc(C2(c3ccc(OC)cc3)CCCN(Cc3ccc(C(=O)N(CCC#N)Cc4ccccc4)cc3)C2)cc1. The Hall–Kier alpha value is -4.60. The number of nitriles is 1. The van der Waals surface area contributed by atoms with Gasteiger partial charge in [-0.1, -0.05) is 66.7 Å². The summed E-state index contributed by atoms with van der Waals surface area (Å²) in [5.74, 6) is 1.65. The first kappa shape index (κ1) is 29.9. The van der Waals surface area contributed by atoms with Crippen LogP contribution in [0.4, 0.5) is 0 Å². The highest BCUT2D eigenvalue weighted by Gasteiger charge is 2.38. The fourth-order valence-electron chi connectivity index (χ4n) is 6.17. The summed E-state index contributed by atoms with van der Waals surface area (Å²) in [4.78, 5) is 17.7. The Balaban J connectivity index is 1.34. The third-order valence-electron chi connectivity index (χ3n) is 8.46. The molecule has 0 unspecified atom stereocenters. The lowest BCUT2D eigenvalue weighted by Crippen LogP contribution is -2.46. The minimum atomic E-state index is -0.161. The predicted octanol–water partition coefficient (Wildman–Crippen LogP) is 6.84. The zero-order chi connectivity index (χ0) is 30.1. The standard InChI is InChI=1S/C37H39N3O3/c1-42-34-18-14-32(15-19-34)37(33-16-20-35(43-2)21-17-33)22-6-24-39(28-37)26-30-10-12-31(13-11-30)36(41)40(25-7-23-38)27-29-8-4-3-5-9-29/h3-5,8-21H,6-7,22,24-28H2,1-2H3. The van der Waals surface area contributed by atoms with E-state index < -0.39 is 0 Å². The van der Waals surface area contributed by atoms with Gasteiger partial charge in [0.15, 0.2) is 0 Å². The lowest BCUT2D eigenvalue weighted by atomic mass is 9.69. The van der Waals surface area contributed by atoms with Crippen LogP contribution in [0.1, 0.15) is 51.9 Å². The second-order valence-corrected chi connectivity index (χ2v) is 11.2. The minimum Gasteiger partial charge on any atom is -0.497 e.